The smallest absolute Gasteiger partial charge is 0.00990 e. The lowest BCUT2D eigenvalue weighted by Gasteiger charge is -2.13. The average molecular weight is 739 g/mol. The number of hydrogen-bond donors (Lipinski definition) is 0. The molecule has 0 radical (unpaired) electrons. The summed E-state index contributed by atoms with van der Waals surface area (Å²) in [6.45, 7) is 0. The van der Waals surface area contributed by atoms with Gasteiger partial charge in [0.25, 0.3) is 0 Å². The highest BCUT2D eigenvalue weighted by atomic mass is 14.2. The maximum atomic E-state index is 2.34. The molecular formula is C58H42. The zero-order valence-electron chi connectivity index (χ0n) is 32.2. The summed E-state index contributed by atoms with van der Waals surface area (Å²) < 4.78 is 0. The Morgan fingerprint density at radius 2 is 0.603 bits per heavy atom. The summed E-state index contributed by atoms with van der Waals surface area (Å²) in [7, 11) is 0. The maximum absolute atomic E-state index is 2.34. The van der Waals surface area contributed by atoms with E-state index >= 15 is 0 Å². The van der Waals surface area contributed by atoms with E-state index in [0.717, 1.165) is 11.1 Å². The summed E-state index contributed by atoms with van der Waals surface area (Å²) in [5.74, 6) is 0. The molecule has 0 saturated heterocycles. The van der Waals surface area contributed by atoms with Gasteiger partial charge in [0.1, 0.15) is 0 Å². The first kappa shape index (κ1) is 36.1. The molecular weight excluding hydrogens is 697 g/mol. The van der Waals surface area contributed by atoms with Crippen LogP contribution >= 0.6 is 0 Å². The molecule has 0 unspecified atom stereocenters. The summed E-state index contributed by atoms with van der Waals surface area (Å²) in [6, 6.07) is 77.9. The predicted octanol–water partition coefficient (Wildman–Crippen LogP) is 15.5. The SMILES string of the molecule is C(=Cc1ccccc1/C=C(\c1ccccc1)c1cccc2ccccc12)c1ccc(C=Cc2ccccc2/C=C(\c2ccccc2)c2cccc3ccccc23)cc1. The lowest BCUT2D eigenvalue weighted by molar-refractivity contribution is 1.56. The van der Waals surface area contributed by atoms with E-state index in [1.165, 1.54) is 77.2 Å². The first-order valence-corrected chi connectivity index (χ1v) is 19.9. The van der Waals surface area contributed by atoms with E-state index in [-0.39, 0.29) is 0 Å². The maximum Gasteiger partial charge on any atom is -0.00990 e. The predicted molar refractivity (Wildman–Crippen MR) is 252 cm³/mol. The van der Waals surface area contributed by atoms with E-state index < -0.39 is 0 Å². The van der Waals surface area contributed by atoms with E-state index in [4.69, 9.17) is 0 Å². The van der Waals surface area contributed by atoms with Crippen molar-refractivity contribution in [3.8, 4) is 0 Å². The highest BCUT2D eigenvalue weighted by Crippen LogP contribution is 2.34. The van der Waals surface area contributed by atoms with Crippen LogP contribution in [0.4, 0.5) is 0 Å². The second kappa shape index (κ2) is 17.1. The van der Waals surface area contributed by atoms with Crippen LogP contribution in [-0.4, -0.2) is 0 Å². The van der Waals surface area contributed by atoms with Crippen molar-refractivity contribution in [2.45, 2.75) is 0 Å². The Balaban J connectivity index is 0.994. The van der Waals surface area contributed by atoms with Crippen LogP contribution in [0.3, 0.4) is 0 Å². The number of rotatable bonds is 10. The molecule has 0 nitrogen and oxygen atoms in total. The van der Waals surface area contributed by atoms with Crippen molar-refractivity contribution in [2.75, 3.05) is 0 Å². The minimum Gasteiger partial charge on any atom is -0.0622 e. The van der Waals surface area contributed by atoms with Crippen LogP contribution in [0, 0.1) is 0 Å². The van der Waals surface area contributed by atoms with Gasteiger partial charge in [0.05, 0.1) is 0 Å². The molecule has 0 spiro atoms. The molecule has 0 bridgehead atoms. The van der Waals surface area contributed by atoms with Gasteiger partial charge in [0.15, 0.2) is 0 Å². The van der Waals surface area contributed by atoms with Gasteiger partial charge in [-0.1, -0.05) is 243 Å². The zero-order chi connectivity index (χ0) is 38.9. The Morgan fingerprint density at radius 3 is 1.03 bits per heavy atom. The third-order valence-electron chi connectivity index (χ3n) is 10.8. The molecule has 58 heavy (non-hydrogen) atoms. The van der Waals surface area contributed by atoms with Gasteiger partial charge in [-0.2, -0.15) is 0 Å². The highest BCUT2D eigenvalue weighted by Gasteiger charge is 2.12. The molecule has 0 fully saturated rings. The lowest BCUT2D eigenvalue weighted by Crippen LogP contribution is -1.91. The minimum atomic E-state index is 1.15. The summed E-state index contributed by atoms with van der Waals surface area (Å²) in [6.07, 6.45) is 13.5. The molecule has 0 aromatic heterocycles. The Labute approximate surface area is 341 Å². The standard InChI is InChI=1S/C58H42/c1-3-19-49(20-4-1)57(55-31-15-27-47-23-11-13-29-53(47)55)41-51-25-9-7-17-45(51)39-37-43-33-35-44(36-34-43)38-40-46-18-8-10-26-52(46)42-58(50-21-5-2-6-22-50)56-32-16-28-48-24-12-14-30-54(48)56/h1-42H/b39-37?,40-38?,57-41+,58-42+. The van der Waals surface area contributed by atoms with Crippen LogP contribution in [-0.2, 0) is 0 Å². The Bertz CT molecular complexity index is 2740. The fourth-order valence-electron chi connectivity index (χ4n) is 7.78. The third kappa shape index (κ3) is 8.05. The van der Waals surface area contributed by atoms with Crippen LogP contribution in [0.15, 0.2) is 218 Å². The molecule has 0 N–H and O–H groups in total. The second-order valence-corrected chi connectivity index (χ2v) is 14.5. The number of fused-ring (bicyclic) bond motifs is 2. The molecule has 0 heteroatoms. The fraction of sp³-hybridized carbons (Fsp3) is 0. The van der Waals surface area contributed by atoms with Gasteiger partial charge in [-0.3, -0.25) is 0 Å². The fourth-order valence-corrected chi connectivity index (χ4v) is 7.78. The van der Waals surface area contributed by atoms with E-state index in [1.54, 1.807) is 0 Å². The van der Waals surface area contributed by atoms with Gasteiger partial charge in [-0.25, -0.2) is 0 Å². The summed E-state index contributed by atoms with van der Waals surface area (Å²) in [4.78, 5) is 0. The van der Waals surface area contributed by atoms with Gasteiger partial charge >= 0.3 is 0 Å². The molecule has 0 heterocycles. The van der Waals surface area contributed by atoms with Gasteiger partial charge < -0.3 is 0 Å². The lowest BCUT2D eigenvalue weighted by atomic mass is 9.91. The molecule has 9 rings (SSSR count). The largest absolute Gasteiger partial charge is 0.0622 e. The first-order chi connectivity index (χ1) is 28.8. The molecule has 0 atom stereocenters. The summed E-state index contributed by atoms with van der Waals surface area (Å²) in [5, 5.41) is 4.98. The van der Waals surface area contributed by atoms with Crippen LogP contribution in [0.1, 0.15) is 55.6 Å². The Kier molecular flexibility index (Phi) is 10.6. The molecule has 9 aromatic rings. The summed E-state index contributed by atoms with van der Waals surface area (Å²) >= 11 is 0. The average Bonchev–Trinajstić information content (AvgIpc) is 3.30. The molecule has 0 amide bonds. The first-order valence-electron chi connectivity index (χ1n) is 19.9. The zero-order valence-corrected chi connectivity index (χ0v) is 32.2. The van der Waals surface area contributed by atoms with E-state index in [1.807, 2.05) is 0 Å². The third-order valence-corrected chi connectivity index (χ3v) is 10.8. The topological polar surface area (TPSA) is 0 Å². The quantitative estimate of drug-likeness (QED) is 0.123. The van der Waals surface area contributed by atoms with Crippen molar-refractivity contribution in [1.82, 2.24) is 0 Å². The van der Waals surface area contributed by atoms with E-state index in [2.05, 4.69) is 255 Å². The van der Waals surface area contributed by atoms with Crippen molar-refractivity contribution < 1.29 is 0 Å². The van der Waals surface area contributed by atoms with Gasteiger partial charge in [-0.05, 0) is 100 Å². The molecule has 0 aliphatic rings. The second-order valence-electron chi connectivity index (χ2n) is 14.5. The van der Waals surface area contributed by atoms with Gasteiger partial charge in [0, 0.05) is 0 Å². The molecule has 274 valence electrons. The van der Waals surface area contributed by atoms with Crippen LogP contribution in [0.2, 0.25) is 0 Å². The molecule has 0 aliphatic carbocycles. The van der Waals surface area contributed by atoms with Crippen molar-refractivity contribution >= 4 is 69.1 Å². The van der Waals surface area contributed by atoms with Crippen molar-refractivity contribution in [3.05, 3.63) is 274 Å². The minimum absolute atomic E-state index is 1.15. The summed E-state index contributed by atoms with van der Waals surface area (Å²) in [5.41, 5.74) is 14.3. The van der Waals surface area contributed by atoms with Gasteiger partial charge in [-0.15, -0.1) is 0 Å². The normalized spacial score (nSPS) is 12.2. The molecule has 9 aromatic carbocycles. The van der Waals surface area contributed by atoms with Crippen molar-refractivity contribution in [1.29, 1.82) is 0 Å². The van der Waals surface area contributed by atoms with Gasteiger partial charge in [0.2, 0.25) is 0 Å². The molecule has 0 saturated carbocycles. The van der Waals surface area contributed by atoms with Crippen LogP contribution in [0.5, 0.6) is 0 Å². The number of benzene rings is 9. The van der Waals surface area contributed by atoms with Crippen molar-refractivity contribution in [3.63, 3.8) is 0 Å². The monoisotopic (exact) mass is 738 g/mol. The van der Waals surface area contributed by atoms with E-state index in [9.17, 15) is 0 Å². The Morgan fingerprint density at radius 1 is 0.259 bits per heavy atom. The Hall–Kier alpha value is -7.54. The van der Waals surface area contributed by atoms with Crippen LogP contribution < -0.4 is 0 Å². The number of hydrogen-bond acceptors (Lipinski definition) is 0. The van der Waals surface area contributed by atoms with Crippen LogP contribution in [0.25, 0.3) is 69.1 Å². The van der Waals surface area contributed by atoms with E-state index in [0.29, 0.717) is 0 Å². The van der Waals surface area contributed by atoms with Crippen molar-refractivity contribution in [2.24, 2.45) is 0 Å². The highest BCUT2D eigenvalue weighted by molar-refractivity contribution is 6.04. The molecule has 0 aliphatic heterocycles.